The van der Waals surface area contributed by atoms with E-state index >= 15 is 0 Å². The van der Waals surface area contributed by atoms with E-state index in [9.17, 15) is 0 Å². The molecule has 0 heterocycles. The number of methoxy groups -OCH3 is 1. The molecule has 0 radical (unpaired) electrons. The van der Waals surface area contributed by atoms with Gasteiger partial charge in [0.1, 0.15) is 6.61 Å². The van der Waals surface area contributed by atoms with Gasteiger partial charge >= 0.3 is 0 Å². The van der Waals surface area contributed by atoms with E-state index in [0.717, 1.165) is 16.8 Å². The van der Waals surface area contributed by atoms with Crippen LogP contribution in [0.15, 0.2) is 71.8 Å². The van der Waals surface area contributed by atoms with Gasteiger partial charge in [-0.2, -0.15) is 5.10 Å². The summed E-state index contributed by atoms with van der Waals surface area (Å²) in [5, 5.41) is 5.38. The summed E-state index contributed by atoms with van der Waals surface area (Å²) in [7, 11) is 1.59. The lowest BCUT2D eigenvalue weighted by Crippen LogP contribution is -2.02. The molecule has 0 unspecified atom stereocenters. The molecule has 0 atom stereocenters. The Morgan fingerprint density at radius 1 is 0.926 bits per heavy atom. The van der Waals surface area contributed by atoms with Gasteiger partial charge in [0, 0.05) is 21.2 Å². The molecule has 3 aromatic rings. The van der Waals surface area contributed by atoms with Crippen molar-refractivity contribution in [3.8, 4) is 11.5 Å². The summed E-state index contributed by atoms with van der Waals surface area (Å²) >= 11 is 12.5. The summed E-state index contributed by atoms with van der Waals surface area (Å²) in [5.74, 6) is 1.16. The summed E-state index contributed by atoms with van der Waals surface area (Å²) < 4.78 is 11.4. The highest BCUT2D eigenvalue weighted by atomic mass is 35.5. The molecule has 0 aliphatic heterocycles. The largest absolute Gasteiger partial charge is 0.493 e. The fourth-order valence-electron chi connectivity index (χ4n) is 2.45. The zero-order chi connectivity index (χ0) is 19.1. The molecule has 6 heteroatoms. The minimum absolute atomic E-state index is 0.214. The van der Waals surface area contributed by atoms with E-state index in [1.54, 1.807) is 31.5 Å². The van der Waals surface area contributed by atoms with E-state index in [4.69, 9.17) is 32.7 Å². The molecule has 0 bridgehead atoms. The lowest BCUT2D eigenvalue weighted by molar-refractivity contribution is 0.284. The molecular weight excluding hydrogens is 383 g/mol. The van der Waals surface area contributed by atoms with Crippen LogP contribution in [0.4, 0.5) is 5.69 Å². The van der Waals surface area contributed by atoms with Crippen LogP contribution in [0.3, 0.4) is 0 Å². The molecule has 0 aliphatic carbocycles. The van der Waals surface area contributed by atoms with Crippen LogP contribution in [0.1, 0.15) is 11.1 Å². The Bertz CT molecular complexity index is 910. The molecular formula is C21H18Cl2N2O2. The molecule has 1 N–H and O–H groups in total. The summed E-state index contributed by atoms with van der Waals surface area (Å²) in [4.78, 5) is 0. The van der Waals surface area contributed by atoms with Gasteiger partial charge in [-0.3, -0.25) is 5.43 Å². The molecule has 27 heavy (non-hydrogen) atoms. The SMILES string of the molecule is COc1cccc(C=NNc2ccccc2)c1OCc1c(Cl)cccc1Cl. The topological polar surface area (TPSA) is 42.8 Å². The quantitative estimate of drug-likeness (QED) is 0.389. The van der Waals surface area contributed by atoms with Crippen LogP contribution in [0, 0.1) is 0 Å². The van der Waals surface area contributed by atoms with Crippen LogP contribution in [-0.2, 0) is 6.61 Å². The van der Waals surface area contributed by atoms with E-state index in [1.807, 2.05) is 48.5 Å². The number of benzene rings is 3. The Labute approximate surface area is 168 Å². The van der Waals surface area contributed by atoms with Crippen molar-refractivity contribution in [1.82, 2.24) is 0 Å². The number of rotatable bonds is 7. The van der Waals surface area contributed by atoms with Crippen molar-refractivity contribution in [1.29, 1.82) is 0 Å². The number of ether oxygens (including phenoxy) is 2. The van der Waals surface area contributed by atoms with E-state index < -0.39 is 0 Å². The Hall–Kier alpha value is -2.69. The zero-order valence-corrected chi connectivity index (χ0v) is 16.2. The van der Waals surface area contributed by atoms with Crippen molar-refractivity contribution < 1.29 is 9.47 Å². The van der Waals surface area contributed by atoms with Crippen LogP contribution >= 0.6 is 23.2 Å². The van der Waals surface area contributed by atoms with Crippen LogP contribution in [-0.4, -0.2) is 13.3 Å². The van der Waals surface area contributed by atoms with Crippen molar-refractivity contribution in [2.24, 2.45) is 5.10 Å². The van der Waals surface area contributed by atoms with Gasteiger partial charge in [-0.05, 0) is 36.4 Å². The van der Waals surface area contributed by atoms with Gasteiger partial charge in [0.05, 0.1) is 19.0 Å². The maximum Gasteiger partial charge on any atom is 0.170 e. The first-order valence-electron chi connectivity index (χ1n) is 8.26. The predicted octanol–water partition coefficient (Wildman–Crippen LogP) is 6.03. The second-order valence-electron chi connectivity index (χ2n) is 5.60. The Morgan fingerprint density at radius 3 is 2.33 bits per heavy atom. The predicted molar refractivity (Wildman–Crippen MR) is 111 cm³/mol. The zero-order valence-electron chi connectivity index (χ0n) is 14.7. The molecule has 0 spiro atoms. The Balaban J connectivity index is 1.81. The van der Waals surface area contributed by atoms with E-state index in [1.165, 1.54) is 0 Å². The fraction of sp³-hybridized carbons (Fsp3) is 0.0952. The number of hydrogen-bond donors (Lipinski definition) is 1. The molecule has 138 valence electrons. The summed E-state index contributed by atoms with van der Waals surface area (Å²) in [6, 6.07) is 20.6. The molecule has 0 aromatic heterocycles. The number of anilines is 1. The Morgan fingerprint density at radius 2 is 1.63 bits per heavy atom. The average molecular weight is 401 g/mol. The van der Waals surface area contributed by atoms with Crippen LogP contribution < -0.4 is 14.9 Å². The molecule has 0 saturated heterocycles. The van der Waals surface area contributed by atoms with Gasteiger partial charge < -0.3 is 9.47 Å². The Kier molecular flexibility index (Phi) is 6.58. The maximum absolute atomic E-state index is 6.23. The molecule has 0 fully saturated rings. The third kappa shape index (κ3) is 4.94. The maximum atomic E-state index is 6.23. The summed E-state index contributed by atoms with van der Waals surface area (Å²) in [6.45, 7) is 0.214. The van der Waals surface area contributed by atoms with Gasteiger partial charge in [-0.1, -0.05) is 53.5 Å². The summed E-state index contributed by atoms with van der Waals surface area (Å²) in [5.41, 5.74) is 5.36. The highest BCUT2D eigenvalue weighted by Crippen LogP contribution is 2.33. The van der Waals surface area contributed by atoms with Crippen LogP contribution in [0.2, 0.25) is 10.0 Å². The first-order valence-corrected chi connectivity index (χ1v) is 9.01. The molecule has 4 nitrogen and oxygen atoms in total. The van der Waals surface area contributed by atoms with Gasteiger partial charge in [0.2, 0.25) is 0 Å². The van der Waals surface area contributed by atoms with Crippen molar-refractivity contribution in [3.05, 3.63) is 87.9 Å². The van der Waals surface area contributed by atoms with Gasteiger partial charge in [0.15, 0.2) is 11.5 Å². The molecule has 0 amide bonds. The first kappa shape index (κ1) is 19.1. The average Bonchev–Trinajstić information content (AvgIpc) is 2.69. The normalized spacial score (nSPS) is 10.8. The van der Waals surface area contributed by atoms with Crippen LogP contribution in [0.25, 0.3) is 0 Å². The second-order valence-corrected chi connectivity index (χ2v) is 6.42. The fourth-order valence-corrected chi connectivity index (χ4v) is 2.96. The second kappa shape index (κ2) is 9.31. The highest BCUT2D eigenvalue weighted by Gasteiger charge is 2.12. The van der Waals surface area contributed by atoms with E-state index in [-0.39, 0.29) is 6.61 Å². The molecule has 0 aliphatic rings. The first-order chi connectivity index (χ1) is 13.2. The number of hydrogen-bond acceptors (Lipinski definition) is 4. The summed E-state index contributed by atoms with van der Waals surface area (Å²) in [6.07, 6.45) is 1.68. The van der Waals surface area contributed by atoms with Gasteiger partial charge in [-0.25, -0.2) is 0 Å². The standard InChI is InChI=1S/C21H18Cl2N2O2/c1-26-20-12-5-7-15(13-24-25-16-8-3-2-4-9-16)21(20)27-14-17-18(22)10-6-11-19(17)23/h2-13,25H,14H2,1H3. The minimum atomic E-state index is 0.214. The van der Waals surface area contributed by atoms with E-state index in [0.29, 0.717) is 21.5 Å². The van der Waals surface area contributed by atoms with Crippen LogP contribution in [0.5, 0.6) is 11.5 Å². The molecule has 0 saturated carbocycles. The number of halogens is 2. The number of para-hydroxylation sites is 2. The van der Waals surface area contributed by atoms with Crippen molar-refractivity contribution in [3.63, 3.8) is 0 Å². The number of hydrazone groups is 1. The van der Waals surface area contributed by atoms with Crippen molar-refractivity contribution in [2.75, 3.05) is 12.5 Å². The van der Waals surface area contributed by atoms with Gasteiger partial charge in [-0.15, -0.1) is 0 Å². The monoisotopic (exact) mass is 400 g/mol. The third-order valence-corrected chi connectivity index (χ3v) is 4.53. The van der Waals surface area contributed by atoms with Crippen molar-refractivity contribution >= 4 is 35.1 Å². The minimum Gasteiger partial charge on any atom is -0.493 e. The molecule has 3 aromatic carbocycles. The number of nitrogens with zero attached hydrogens (tertiary/aromatic N) is 1. The molecule has 3 rings (SSSR count). The van der Waals surface area contributed by atoms with Crippen molar-refractivity contribution in [2.45, 2.75) is 6.61 Å². The lowest BCUT2D eigenvalue weighted by atomic mass is 10.2. The van der Waals surface area contributed by atoms with Gasteiger partial charge in [0.25, 0.3) is 0 Å². The third-order valence-electron chi connectivity index (χ3n) is 3.82. The highest BCUT2D eigenvalue weighted by molar-refractivity contribution is 6.35. The number of nitrogens with one attached hydrogen (secondary N) is 1. The lowest BCUT2D eigenvalue weighted by Gasteiger charge is -2.14. The van der Waals surface area contributed by atoms with E-state index in [2.05, 4.69) is 10.5 Å². The smallest absolute Gasteiger partial charge is 0.170 e.